The minimum absolute atomic E-state index is 0.342. The number of aromatic nitrogens is 2. The van der Waals surface area contributed by atoms with Crippen molar-refractivity contribution in [2.24, 2.45) is 0 Å². The molecule has 4 rings (SSSR count). The highest BCUT2D eigenvalue weighted by molar-refractivity contribution is 7.05. The van der Waals surface area contributed by atoms with Crippen molar-refractivity contribution in [1.29, 1.82) is 0 Å². The van der Waals surface area contributed by atoms with Gasteiger partial charge in [-0.15, -0.1) is 0 Å². The summed E-state index contributed by atoms with van der Waals surface area (Å²) in [4.78, 5) is 18.4. The van der Waals surface area contributed by atoms with Crippen LogP contribution in [-0.4, -0.2) is 31.9 Å². The molecule has 0 saturated heterocycles. The van der Waals surface area contributed by atoms with Gasteiger partial charge < -0.3 is 10.1 Å². The van der Waals surface area contributed by atoms with Crippen molar-refractivity contribution in [3.05, 3.63) is 51.7 Å². The van der Waals surface area contributed by atoms with E-state index in [1.165, 1.54) is 21.7 Å². The number of aromatic amines is 1. The first kappa shape index (κ1) is 14.4. The first-order chi connectivity index (χ1) is 11.1. The molecule has 0 spiro atoms. The van der Waals surface area contributed by atoms with E-state index < -0.39 is 5.97 Å². The topological polar surface area (TPSA) is 69.2 Å². The standard InChI is InChI=1S/C17H17N3O2S/c1-10-7-18-23-16(10)9-20-5-4-15-13(8-20)12-6-11(17(21)22)2-3-14(12)19-15/h2-3,6-7,19H,4-5,8-9H2,1H3,(H,21,22). The molecule has 5 nitrogen and oxygen atoms in total. The normalized spacial score (nSPS) is 15.0. The molecule has 3 heterocycles. The first-order valence-electron chi connectivity index (χ1n) is 7.61. The van der Waals surface area contributed by atoms with Gasteiger partial charge in [0.05, 0.1) is 5.56 Å². The molecule has 0 radical (unpaired) electrons. The molecule has 0 saturated carbocycles. The highest BCUT2D eigenvalue weighted by Gasteiger charge is 2.22. The SMILES string of the molecule is Cc1cnsc1CN1CCc2[nH]c3ccc(C(=O)O)cc3c2C1. The Morgan fingerprint density at radius 1 is 1.48 bits per heavy atom. The predicted molar refractivity (Wildman–Crippen MR) is 89.9 cm³/mol. The molecule has 0 bridgehead atoms. The van der Waals surface area contributed by atoms with Gasteiger partial charge in [-0.3, -0.25) is 4.90 Å². The Bertz CT molecular complexity index is 897. The number of carboxylic acid groups (broad SMARTS) is 1. The summed E-state index contributed by atoms with van der Waals surface area (Å²) in [6.07, 6.45) is 2.88. The van der Waals surface area contributed by atoms with E-state index in [0.717, 1.165) is 37.0 Å². The molecule has 0 unspecified atom stereocenters. The Labute approximate surface area is 137 Å². The number of nitrogens with one attached hydrogen (secondary N) is 1. The van der Waals surface area contributed by atoms with Crippen LogP contribution in [-0.2, 0) is 19.5 Å². The van der Waals surface area contributed by atoms with Crippen LogP contribution in [0.15, 0.2) is 24.4 Å². The number of H-pyrrole nitrogens is 1. The number of benzene rings is 1. The molecule has 118 valence electrons. The molecule has 0 aliphatic carbocycles. The van der Waals surface area contributed by atoms with Crippen LogP contribution in [0.25, 0.3) is 10.9 Å². The third-order valence-corrected chi connectivity index (χ3v) is 5.40. The molecule has 1 aromatic carbocycles. The van der Waals surface area contributed by atoms with Crippen LogP contribution in [0.4, 0.5) is 0 Å². The Hall–Kier alpha value is -2.18. The fourth-order valence-corrected chi connectivity index (χ4v) is 3.98. The molecule has 0 atom stereocenters. The third-order valence-electron chi connectivity index (χ3n) is 4.52. The summed E-state index contributed by atoms with van der Waals surface area (Å²) in [5.41, 5.74) is 5.08. The van der Waals surface area contributed by atoms with E-state index in [1.807, 2.05) is 12.3 Å². The smallest absolute Gasteiger partial charge is 0.335 e. The maximum Gasteiger partial charge on any atom is 0.335 e. The molecule has 2 aromatic heterocycles. The maximum absolute atomic E-state index is 11.2. The molecular formula is C17H17N3O2S. The Morgan fingerprint density at radius 3 is 3.09 bits per heavy atom. The van der Waals surface area contributed by atoms with Crippen LogP contribution in [0.1, 0.15) is 32.1 Å². The first-order valence-corrected chi connectivity index (χ1v) is 8.38. The van der Waals surface area contributed by atoms with Gasteiger partial charge in [-0.25, -0.2) is 9.17 Å². The number of hydrogen-bond acceptors (Lipinski definition) is 4. The van der Waals surface area contributed by atoms with Crippen molar-refractivity contribution >= 4 is 28.4 Å². The van der Waals surface area contributed by atoms with E-state index in [1.54, 1.807) is 23.7 Å². The van der Waals surface area contributed by atoms with Gasteiger partial charge in [0.25, 0.3) is 0 Å². The number of rotatable bonds is 3. The molecule has 0 fully saturated rings. The summed E-state index contributed by atoms with van der Waals surface area (Å²) < 4.78 is 4.25. The summed E-state index contributed by atoms with van der Waals surface area (Å²) in [5, 5.41) is 10.2. The lowest BCUT2D eigenvalue weighted by molar-refractivity contribution is 0.0697. The zero-order chi connectivity index (χ0) is 16.0. The number of fused-ring (bicyclic) bond motifs is 3. The fourth-order valence-electron chi connectivity index (χ4n) is 3.21. The highest BCUT2D eigenvalue weighted by atomic mass is 32.1. The second-order valence-corrected chi connectivity index (χ2v) is 6.93. The zero-order valence-electron chi connectivity index (χ0n) is 12.8. The van der Waals surface area contributed by atoms with E-state index >= 15 is 0 Å². The van der Waals surface area contributed by atoms with Crippen LogP contribution < -0.4 is 0 Å². The highest BCUT2D eigenvalue weighted by Crippen LogP contribution is 2.30. The largest absolute Gasteiger partial charge is 0.478 e. The van der Waals surface area contributed by atoms with Gasteiger partial charge >= 0.3 is 5.97 Å². The fraction of sp³-hybridized carbons (Fsp3) is 0.294. The predicted octanol–water partition coefficient (Wildman–Crippen LogP) is 3.19. The van der Waals surface area contributed by atoms with Crippen LogP contribution in [0.2, 0.25) is 0 Å². The van der Waals surface area contributed by atoms with Gasteiger partial charge in [-0.2, -0.15) is 0 Å². The summed E-state index contributed by atoms with van der Waals surface area (Å²) >= 11 is 1.56. The van der Waals surface area contributed by atoms with E-state index in [-0.39, 0.29) is 0 Å². The Balaban J connectivity index is 1.67. The van der Waals surface area contributed by atoms with Crippen LogP contribution >= 0.6 is 11.5 Å². The number of carbonyl (C=O) groups is 1. The van der Waals surface area contributed by atoms with Gasteiger partial charge in [0.15, 0.2) is 0 Å². The number of aryl methyl sites for hydroxylation is 1. The molecular weight excluding hydrogens is 310 g/mol. The third kappa shape index (κ3) is 2.54. The van der Waals surface area contributed by atoms with Crippen molar-refractivity contribution in [2.45, 2.75) is 26.4 Å². The lowest BCUT2D eigenvalue weighted by Crippen LogP contribution is -2.29. The van der Waals surface area contributed by atoms with Gasteiger partial charge in [-0.1, -0.05) is 0 Å². The molecule has 0 amide bonds. The maximum atomic E-state index is 11.2. The lowest BCUT2D eigenvalue weighted by atomic mass is 10.0. The second-order valence-electron chi connectivity index (χ2n) is 6.04. The quantitative estimate of drug-likeness (QED) is 0.775. The van der Waals surface area contributed by atoms with Crippen molar-refractivity contribution in [1.82, 2.24) is 14.3 Å². The van der Waals surface area contributed by atoms with E-state index in [9.17, 15) is 9.90 Å². The van der Waals surface area contributed by atoms with E-state index in [2.05, 4.69) is 21.2 Å². The molecule has 3 aromatic rings. The second kappa shape index (κ2) is 5.47. The molecule has 2 N–H and O–H groups in total. The molecule has 1 aliphatic rings. The number of carboxylic acids is 1. The van der Waals surface area contributed by atoms with Crippen molar-refractivity contribution in [2.75, 3.05) is 6.54 Å². The number of hydrogen-bond donors (Lipinski definition) is 2. The Kier molecular flexibility index (Phi) is 3.43. The lowest BCUT2D eigenvalue weighted by Gasteiger charge is -2.26. The summed E-state index contributed by atoms with van der Waals surface area (Å²) in [6, 6.07) is 5.31. The van der Waals surface area contributed by atoms with E-state index in [0.29, 0.717) is 5.56 Å². The summed E-state index contributed by atoms with van der Waals surface area (Å²) in [5.74, 6) is -0.880. The summed E-state index contributed by atoms with van der Waals surface area (Å²) in [6.45, 7) is 4.85. The Morgan fingerprint density at radius 2 is 2.35 bits per heavy atom. The summed E-state index contributed by atoms with van der Waals surface area (Å²) in [7, 11) is 0. The average molecular weight is 327 g/mol. The molecule has 6 heteroatoms. The number of nitrogens with zero attached hydrogens (tertiary/aromatic N) is 2. The van der Waals surface area contributed by atoms with Gasteiger partial charge in [0.2, 0.25) is 0 Å². The van der Waals surface area contributed by atoms with Gasteiger partial charge in [0, 0.05) is 53.7 Å². The van der Waals surface area contributed by atoms with Gasteiger partial charge in [0.1, 0.15) is 0 Å². The van der Waals surface area contributed by atoms with E-state index in [4.69, 9.17) is 0 Å². The minimum Gasteiger partial charge on any atom is -0.478 e. The van der Waals surface area contributed by atoms with Crippen LogP contribution in [0.5, 0.6) is 0 Å². The monoisotopic (exact) mass is 327 g/mol. The van der Waals surface area contributed by atoms with Crippen LogP contribution in [0.3, 0.4) is 0 Å². The van der Waals surface area contributed by atoms with Gasteiger partial charge in [-0.05, 0) is 47.8 Å². The van der Waals surface area contributed by atoms with Crippen LogP contribution in [0, 0.1) is 6.92 Å². The van der Waals surface area contributed by atoms with Crippen molar-refractivity contribution < 1.29 is 9.90 Å². The zero-order valence-corrected chi connectivity index (χ0v) is 13.6. The molecule has 23 heavy (non-hydrogen) atoms. The number of aromatic carboxylic acids is 1. The average Bonchev–Trinajstić information content (AvgIpc) is 3.10. The van der Waals surface area contributed by atoms with Crippen molar-refractivity contribution in [3.8, 4) is 0 Å². The molecule has 1 aliphatic heterocycles. The minimum atomic E-state index is -0.880. The van der Waals surface area contributed by atoms with Crippen molar-refractivity contribution in [3.63, 3.8) is 0 Å².